The molecular weight excluding hydrogens is 611 g/mol. The molecule has 9 aromatic rings. The van der Waals surface area contributed by atoms with Gasteiger partial charge in [-0.15, -0.1) is 6.58 Å². The van der Waals surface area contributed by atoms with Crippen molar-refractivity contribution in [1.29, 1.82) is 0 Å². The predicted molar refractivity (Wildman–Crippen MR) is 209 cm³/mol. The van der Waals surface area contributed by atoms with Crippen molar-refractivity contribution < 1.29 is 8.83 Å². The molecule has 0 saturated heterocycles. The van der Waals surface area contributed by atoms with Gasteiger partial charge in [-0.25, -0.2) is 0 Å². The Morgan fingerprint density at radius 1 is 0.680 bits per heavy atom. The van der Waals surface area contributed by atoms with E-state index in [9.17, 15) is 0 Å². The first kappa shape index (κ1) is 28.9. The maximum atomic E-state index is 6.83. The quantitative estimate of drug-likeness (QED) is 0.174. The fraction of sp³-hybridized carbons (Fsp3) is 0.106. The van der Waals surface area contributed by atoms with Crippen molar-refractivity contribution >= 4 is 60.8 Å². The first-order chi connectivity index (χ1) is 24.5. The standard InChI is InChI=1S/C47H35NO2/c1-5-13-32-36-25-28(21-24-43(36)49-41(32)14-6-2)35-27-37-33-16-9-12-20-42(33)50-46(37)45-44(35)34-17-8-11-19-40(34)48(45)29-22-23-31-30-15-7-10-18-38(30)47(3,4)39(31)26-29/h5-13,15-27H,2,14H2,1,3-4H3/b13-5-. The van der Waals surface area contributed by atoms with Gasteiger partial charge in [0.15, 0.2) is 5.58 Å². The van der Waals surface area contributed by atoms with E-state index in [1.54, 1.807) is 0 Å². The molecule has 0 N–H and O–H groups in total. The molecule has 0 aliphatic heterocycles. The molecule has 3 heteroatoms. The molecule has 0 saturated carbocycles. The van der Waals surface area contributed by atoms with Crippen LogP contribution in [0.15, 0.2) is 143 Å². The van der Waals surface area contributed by atoms with Crippen LogP contribution in [0.2, 0.25) is 0 Å². The van der Waals surface area contributed by atoms with Crippen LogP contribution in [0, 0.1) is 0 Å². The lowest BCUT2D eigenvalue weighted by Gasteiger charge is -2.22. The number of nitrogens with zero attached hydrogens (tertiary/aromatic N) is 1. The van der Waals surface area contributed by atoms with Gasteiger partial charge in [0.2, 0.25) is 0 Å². The molecule has 0 fully saturated rings. The lowest BCUT2D eigenvalue weighted by Crippen LogP contribution is -2.15. The summed E-state index contributed by atoms with van der Waals surface area (Å²) in [6.45, 7) is 10.7. The summed E-state index contributed by atoms with van der Waals surface area (Å²) in [4.78, 5) is 0. The van der Waals surface area contributed by atoms with E-state index < -0.39 is 0 Å². The molecule has 1 aliphatic rings. The predicted octanol–water partition coefficient (Wildman–Crippen LogP) is 13.2. The minimum Gasteiger partial charge on any atom is -0.460 e. The van der Waals surface area contributed by atoms with Crippen molar-refractivity contribution in [2.24, 2.45) is 0 Å². The maximum absolute atomic E-state index is 6.83. The van der Waals surface area contributed by atoms with E-state index in [-0.39, 0.29) is 5.41 Å². The van der Waals surface area contributed by atoms with Gasteiger partial charge in [-0.1, -0.05) is 105 Å². The first-order valence-electron chi connectivity index (χ1n) is 17.4. The molecule has 6 aromatic carbocycles. The summed E-state index contributed by atoms with van der Waals surface area (Å²) in [5, 5.41) is 5.69. The molecule has 3 nitrogen and oxygen atoms in total. The molecule has 50 heavy (non-hydrogen) atoms. The highest BCUT2D eigenvalue weighted by molar-refractivity contribution is 6.26. The van der Waals surface area contributed by atoms with E-state index >= 15 is 0 Å². The average molecular weight is 646 g/mol. The van der Waals surface area contributed by atoms with Gasteiger partial charge in [0.25, 0.3) is 0 Å². The topological polar surface area (TPSA) is 31.2 Å². The lowest BCUT2D eigenvalue weighted by molar-refractivity contribution is 0.564. The Kier molecular flexibility index (Phi) is 6.05. The number of rotatable bonds is 5. The molecular formula is C47H35NO2. The Morgan fingerprint density at radius 3 is 2.30 bits per heavy atom. The van der Waals surface area contributed by atoms with Gasteiger partial charge in [-0.05, 0) is 82.8 Å². The Hall–Kier alpha value is -6.06. The van der Waals surface area contributed by atoms with Gasteiger partial charge in [0.1, 0.15) is 16.9 Å². The second-order valence-corrected chi connectivity index (χ2v) is 14.0. The van der Waals surface area contributed by atoms with E-state index in [1.165, 1.54) is 38.6 Å². The molecule has 0 atom stereocenters. The van der Waals surface area contributed by atoms with Gasteiger partial charge in [0.05, 0.1) is 11.0 Å². The average Bonchev–Trinajstić information content (AvgIpc) is 3.85. The van der Waals surface area contributed by atoms with E-state index in [4.69, 9.17) is 8.83 Å². The number of hydrogen-bond acceptors (Lipinski definition) is 2. The van der Waals surface area contributed by atoms with E-state index in [0.29, 0.717) is 6.42 Å². The Morgan fingerprint density at radius 2 is 1.44 bits per heavy atom. The SMILES string of the molecule is C=CCc1oc2ccc(-c3cc4c5ccccc5oc4c4c3c3ccccc3n4-c3ccc4c(c3)C(C)(C)c3ccccc3-4)cc2c1/C=C\C. The second-order valence-electron chi connectivity index (χ2n) is 14.0. The van der Waals surface area contributed by atoms with Gasteiger partial charge in [-0.2, -0.15) is 0 Å². The smallest absolute Gasteiger partial charge is 0.160 e. The monoisotopic (exact) mass is 645 g/mol. The zero-order valence-electron chi connectivity index (χ0n) is 28.4. The Bertz CT molecular complexity index is 2900. The molecule has 0 radical (unpaired) electrons. The van der Waals surface area contributed by atoms with E-state index in [2.05, 4.69) is 159 Å². The van der Waals surface area contributed by atoms with Gasteiger partial charge in [-0.3, -0.25) is 0 Å². The fourth-order valence-corrected chi connectivity index (χ4v) is 8.62. The molecule has 0 amide bonds. The van der Waals surface area contributed by atoms with E-state index in [1.807, 2.05) is 6.08 Å². The van der Waals surface area contributed by atoms with E-state index in [0.717, 1.165) is 66.5 Å². The molecule has 0 bridgehead atoms. The van der Waals surface area contributed by atoms with Crippen LogP contribution in [0.25, 0.3) is 88.7 Å². The highest BCUT2D eigenvalue weighted by Crippen LogP contribution is 2.51. The van der Waals surface area contributed by atoms with Crippen molar-refractivity contribution in [1.82, 2.24) is 4.57 Å². The van der Waals surface area contributed by atoms with Crippen LogP contribution in [-0.2, 0) is 11.8 Å². The summed E-state index contributed by atoms with van der Waals surface area (Å²) in [7, 11) is 0. The zero-order valence-corrected chi connectivity index (χ0v) is 28.4. The summed E-state index contributed by atoms with van der Waals surface area (Å²) < 4.78 is 15.6. The third-order valence-electron chi connectivity index (χ3n) is 10.9. The van der Waals surface area contributed by atoms with Gasteiger partial charge >= 0.3 is 0 Å². The van der Waals surface area contributed by atoms with Gasteiger partial charge in [0, 0.05) is 50.0 Å². The number of fused-ring (bicyclic) bond motifs is 11. The van der Waals surface area contributed by atoms with Crippen molar-refractivity contribution in [3.63, 3.8) is 0 Å². The largest absolute Gasteiger partial charge is 0.460 e. The third-order valence-corrected chi connectivity index (χ3v) is 10.9. The summed E-state index contributed by atoms with van der Waals surface area (Å²) >= 11 is 0. The van der Waals surface area contributed by atoms with Gasteiger partial charge < -0.3 is 13.4 Å². The normalized spacial score (nSPS) is 13.7. The van der Waals surface area contributed by atoms with Crippen LogP contribution in [0.5, 0.6) is 0 Å². The zero-order chi connectivity index (χ0) is 33.7. The summed E-state index contributed by atoms with van der Waals surface area (Å²) in [5.74, 6) is 0.935. The van der Waals surface area contributed by atoms with Crippen LogP contribution in [0.1, 0.15) is 43.2 Å². The number of allylic oxidation sites excluding steroid dienone is 2. The van der Waals surface area contributed by atoms with Crippen molar-refractivity contribution in [2.45, 2.75) is 32.6 Å². The molecule has 10 rings (SSSR count). The molecule has 0 unspecified atom stereocenters. The number of furan rings is 2. The van der Waals surface area contributed by atoms with Crippen LogP contribution >= 0.6 is 0 Å². The summed E-state index contributed by atoms with van der Waals surface area (Å²) in [6.07, 6.45) is 6.81. The number of benzene rings is 6. The number of para-hydroxylation sites is 2. The summed E-state index contributed by atoms with van der Waals surface area (Å²) in [6, 6.07) is 42.0. The van der Waals surface area contributed by atoms with Crippen molar-refractivity contribution in [3.05, 3.63) is 156 Å². The van der Waals surface area contributed by atoms with Crippen LogP contribution in [0.4, 0.5) is 0 Å². The molecule has 240 valence electrons. The molecule has 0 spiro atoms. The minimum atomic E-state index is -0.115. The van der Waals surface area contributed by atoms with Crippen LogP contribution in [-0.4, -0.2) is 4.57 Å². The fourth-order valence-electron chi connectivity index (χ4n) is 8.62. The van der Waals surface area contributed by atoms with Crippen LogP contribution in [0.3, 0.4) is 0 Å². The number of hydrogen-bond donors (Lipinski definition) is 0. The summed E-state index contributed by atoms with van der Waals surface area (Å²) in [5.41, 5.74) is 14.7. The molecule has 3 heterocycles. The minimum absolute atomic E-state index is 0.115. The lowest BCUT2D eigenvalue weighted by atomic mass is 9.82. The van der Waals surface area contributed by atoms with Crippen molar-refractivity contribution in [3.8, 4) is 27.9 Å². The third kappa shape index (κ3) is 3.86. The highest BCUT2D eigenvalue weighted by atomic mass is 16.3. The highest BCUT2D eigenvalue weighted by Gasteiger charge is 2.35. The molecule has 1 aliphatic carbocycles. The number of aromatic nitrogens is 1. The van der Waals surface area contributed by atoms with Crippen molar-refractivity contribution in [2.75, 3.05) is 0 Å². The molecule has 3 aromatic heterocycles. The Labute approximate surface area is 290 Å². The maximum Gasteiger partial charge on any atom is 0.160 e. The Balaban J connectivity index is 1.33. The van der Waals surface area contributed by atoms with Crippen LogP contribution < -0.4 is 0 Å². The second kappa shape index (κ2) is 10.5. The first-order valence-corrected chi connectivity index (χ1v) is 17.4.